The Kier molecular flexibility index (Phi) is 2.51. The summed E-state index contributed by atoms with van der Waals surface area (Å²) in [6.45, 7) is 1.07. The average molecular weight is 244 g/mol. The zero-order valence-corrected chi connectivity index (χ0v) is 9.24. The van der Waals surface area contributed by atoms with Crippen molar-refractivity contribution in [3.8, 4) is 22.9 Å². The van der Waals surface area contributed by atoms with Gasteiger partial charge in [-0.25, -0.2) is 9.78 Å². The van der Waals surface area contributed by atoms with E-state index in [4.69, 9.17) is 9.47 Å². The number of hydrogen-bond acceptors (Lipinski definition) is 6. The van der Waals surface area contributed by atoms with Gasteiger partial charge in [0, 0.05) is 5.56 Å². The second kappa shape index (κ2) is 4.31. The van der Waals surface area contributed by atoms with Crippen LogP contribution in [0.2, 0.25) is 0 Å². The van der Waals surface area contributed by atoms with Gasteiger partial charge in [0.05, 0.1) is 0 Å². The molecule has 1 aromatic heterocycles. The first kappa shape index (κ1) is 10.5. The van der Waals surface area contributed by atoms with E-state index in [0.717, 1.165) is 10.4 Å². The van der Waals surface area contributed by atoms with Crippen molar-refractivity contribution in [3.05, 3.63) is 24.5 Å². The van der Waals surface area contributed by atoms with E-state index >= 15 is 0 Å². The number of hydrogen-bond donors (Lipinski definition) is 0. The number of benzene rings is 1. The number of carbonyl (C=O) groups excluding carboxylic acids is 1. The Labute approximate surface area is 102 Å². The fourth-order valence-electron chi connectivity index (χ4n) is 1.66. The molecule has 1 aliphatic rings. The molecule has 0 bridgehead atoms. The van der Waals surface area contributed by atoms with Crippen molar-refractivity contribution in [2.45, 2.75) is 0 Å². The van der Waals surface area contributed by atoms with Gasteiger partial charge in [0.25, 0.3) is 6.08 Å². The molecule has 2 aromatic rings. The molecule has 0 fully saturated rings. The smallest absolute Gasteiger partial charge is 0.260 e. The van der Waals surface area contributed by atoms with Crippen LogP contribution in [0.15, 0.2) is 29.6 Å². The lowest BCUT2D eigenvalue weighted by molar-refractivity contribution is 0.171. The maximum absolute atomic E-state index is 10.1. The van der Waals surface area contributed by atoms with E-state index < -0.39 is 0 Å². The van der Waals surface area contributed by atoms with Crippen molar-refractivity contribution in [2.24, 2.45) is 5.10 Å². The average Bonchev–Trinajstić information content (AvgIpc) is 2.87. The molecule has 90 valence electrons. The minimum atomic E-state index is 0.450. The summed E-state index contributed by atoms with van der Waals surface area (Å²) < 4.78 is 10.9. The molecule has 18 heavy (non-hydrogen) atoms. The van der Waals surface area contributed by atoms with Crippen LogP contribution in [-0.2, 0) is 4.79 Å². The molecule has 0 N–H and O–H groups in total. The third-order valence-corrected chi connectivity index (χ3v) is 2.42. The van der Waals surface area contributed by atoms with Gasteiger partial charge in [-0.2, -0.15) is 0 Å². The monoisotopic (exact) mass is 244 g/mol. The Bertz CT molecular complexity index is 631. The minimum Gasteiger partial charge on any atom is -0.486 e. The highest BCUT2D eigenvalue weighted by molar-refractivity contribution is 5.60. The quantitative estimate of drug-likeness (QED) is 0.577. The van der Waals surface area contributed by atoms with Gasteiger partial charge in [-0.05, 0) is 18.2 Å². The lowest BCUT2D eigenvalue weighted by Gasteiger charge is -2.18. The molecule has 2 heterocycles. The molecule has 0 spiro atoms. The first-order chi connectivity index (χ1) is 8.86. The molecule has 0 amide bonds. The number of nitrogens with zero attached hydrogens (tertiary/aromatic N) is 4. The second-order valence-corrected chi connectivity index (χ2v) is 3.54. The topological polar surface area (TPSA) is 78.6 Å². The normalized spacial score (nSPS) is 12.9. The number of isocyanates is 1. The molecule has 0 radical (unpaired) electrons. The molecule has 0 saturated carbocycles. The molecule has 0 saturated heterocycles. The molecule has 0 aliphatic carbocycles. The number of aromatic nitrogens is 3. The van der Waals surface area contributed by atoms with Crippen LogP contribution in [0, 0.1) is 0 Å². The van der Waals surface area contributed by atoms with Gasteiger partial charge >= 0.3 is 0 Å². The molecular weight excluding hydrogens is 236 g/mol. The fourth-order valence-corrected chi connectivity index (χ4v) is 1.66. The largest absolute Gasteiger partial charge is 0.486 e. The fraction of sp³-hybridized carbons (Fsp3) is 0.182. The van der Waals surface area contributed by atoms with E-state index in [2.05, 4.69) is 15.2 Å². The molecule has 3 rings (SSSR count). The van der Waals surface area contributed by atoms with Crippen LogP contribution in [0.4, 0.5) is 0 Å². The summed E-state index contributed by atoms with van der Waals surface area (Å²) in [5.74, 6) is 1.82. The van der Waals surface area contributed by atoms with Crippen molar-refractivity contribution in [1.29, 1.82) is 0 Å². The van der Waals surface area contributed by atoms with Crippen LogP contribution < -0.4 is 9.47 Å². The van der Waals surface area contributed by atoms with Crippen molar-refractivity contribution >= 4 is 6.08 Å². The summed E-state index contributed by atoms with van der Waals surface area (Å²) >= 11 is 0. The summed E-state index contributed by atoms with van der Waals surface area (Å²) in [5.41, 5.74) is 0.763. The molecule has 1 aromatic carbocycles. The molecule has 0 unspecified atom stereocenters. The Balaban J connectivity index is 1.98. The van der Waals surface area contributed by atoms with Crippen molar-refractivity contribution in [1.82, 2.24) is 14.9 Å². The van der Waals surface area contributed by atoms with Gasteiger partial charge in [-0.1, -0.05) is 5.10 Å². The Morgan fingerprint density at radius 1 is 1.28 bits per heavy atom. The van der Waals surface area contributed by atoms with Gasteiger partial charge in [0.1, 0.15) is 19.5 Å². The van der Waals surface area contributed by atoms with Crippen molar-refractivity contribution in [2.75, 3.05) is 13.2 Å². The van der Waals surface area contributed by atoms with Crippen LogP contribution in [0.3, 0.4) is 0 Å². The summed E-state index contributed by atoms with van der Waals surface area (Å²) in [6, 6.07) is 5.41. The Hall–Kier alpha value is -2.66. The van der Waals surface area contributed by atoms with Crippen LogP contribution in [-0.4, -0.2) is 34.2 Å². The van der Waals surface area contributed by atoms with Crippen molar-refractivity contribution in [3.63, 3.8) is 0 Å². The molecule has 7 nitrogen and oxygen atoms in total. The van der Waals surface area contributed by atoms with Crippen LogP contribution in [0.25, 0.3) is 11.4 Å². The summed E-state index contributed by atoms with van der Waals surface area (Å²) in [4.78, 5) is 15.2. The van der Waals surface area contributed by atoms with E-state index in [9.17, 15) is 4.79 Å². The van der Waals surface area contributed by atoms with Crippen LogP contribution in [0.5, 0.6) is 11.5 Å². The second-order valence-electron chi connectivity index (χ2n) is 3.54. The zero-order chi connectivity index (χ0) is 12.4. The SMILES string of the molecule is O=C=Nn1cnc(-c2ccc3c(c2)OCCO3)n1. The standard InChI is InChI=1S/C11H8N4O3/c16-7-13-15-6-12-11(14-15)8-1-2-9-10(5-8)18-4-3-17-9/h1-2,5-6H,3-4H2. The molecule has 7 heteroatoms. The third-order valence-electron chi connectivity index (χ3n) is 2.42. The van der Waals surface area contributed by atoms with E-state index in [-0.39, 0.29) is 0 Å². The number of ether oxygens (including phenoxy) is 2. The Morgan fingerprint density at radius 3 is 2.94 bits per heavy atom. The lowest BCUT2D eigenvalue weighted by Crippen LogP contribution is -2.15. The Morgan fingerprint density at radius 2 is 2.11 bits per heavy atom. The van der Waals surface area contributed by atoms with Gasteiger partial charge in [-0.15, -0.1) is 9.89 Å². The number of rotatable bonds is 2. The van der Waals surface area contributed by atoms with Crippen molar-refractivity contribution < 1.29 is 14.3 Å². The van der Waals surface area contributed by atoms with E-state index in [1.165, 1.54) is 12.4 Å². The summed E-state index contributed by atoms with van der Waals surface area (Å²) in [7, 11) is 0. The lowest BCUT2D eigenvalue weighted by atomic mass is 10.2. The van der Waals surface area contributed by atoms with Gasteiger partial charge in [0.2, 0.25) is 0 Å². The van der Waals surface area contributed by atoms with Gasteiger partial charge in [-0.3, -0.25) is 0 Å². The maximum atomic E-state index is 10.1. The zero-order valence-electron chi connectivity index (χ0n) is 9.24. The highest BCUT2D eigenvalue weighted by atomic mass is 16.6. The maximum Gasteiger partial charge on any atom is 0.260 e. The molecule has 1 aliphatic heterocycles. The third kappa shape index (κ3) is 1.83. The summed E-state index contributed by atoms with van der Waals surface area (Å²) in [5, 5.41) is 7.32. The highest BCUT2D eigenvalue weighted by Gasteiger charge is 2.13. The predicted molar refractivity (Wildman–Crippen MR) is 60.0 cm³/mol. The molecular formula is C11H8N4O3. The van der Waals surface area contributed by atoms with E-state index in [1.807, 2.05) is 6.07 Å². The van der Waals surface area contributed by atoms with Crippen LogP contribution in [0.1, 0.15) is 0 Å². The number of fused-ring (bicyclic) bond motifs is 1. The minimum absolute atomic E-state index is 0.450. The highest BCUT2D eigenvalue weighted by Crippen LogP contribution is 2.33. The summed E-state index contributed by atoms with van der Waals surface area (Å²) in [6.07, 6.45) is 2.72. The van der Waals surface area contributed by atoms with E-state index in [0.29, 0.717) is 30.5 Å². The van der Waals surface area contributed by atoms with Crippen LogP contribution >= 0.6 is 0 Å². The molecule has 0 atom stereocenters. The first-order valence-corrected chi connectivity index (χ1v) is 5.26. The predicted octanol–water partition coefficient (Wildman–Crippen LogP) is 0.815. The first-order valence-electron chi connectivity index (χ1n) is 5.26. The van der Waals surface area contributed by atoms with E-state index in [1.54, 1.807) is 12.1 Å². The van der Waals surface area contributed by atoms with Gasteiger partial charge < -0.3 is 9.47 Å². The van der Waals surface area contributed by atoms with Gasteiger partial charge in [0.15, 0.2) is 17.3 Å².